The van der Waals surface area contributed by atoms with Gasteiger partial charge in [-0.05, 0) is 36.6 Å². The van der Waals surface area contributed by atoms with Gasteiger partial charge in [0.2, 0.25) is 23.3 Å². The van der Waals surface area contributed by atoms with Gasteiger partial charge in [-0.2, -0.15) is 5.10 Å². The molecule has 3 atom stereocenters. The van der Waals surface area contributed by atoms with E-state index in [2.05, 4.69) is 31.3 Å². The van der Waals surface area contributed by atoms with Crippen LogP contribution in [0.5, 0.6) is 5.75 Å². The van der Waals surface area contributed by atoms with Crippen molar-refractivity contribution in [2.24, 2.45) is 13.0 Å². The van der Waals surface area contributed by atoms with Crippen molar-refractivity contribution >= 4 is 23.6 Å². The van der Waals surface area contributed by atoms with Crippen LogP contribution in [0, 0.1) is 5.92 Å². The molecule has 2 bridgehead atoms. The molecule has 49 heavy (non-hydrogen) atoms. The van der Waals surface area contributed by atoms with E-state index in [1.54, 1.807) is 45.0 Å². The highest BCUT2D eigenvalue weighted by molar-refractivity contribution is 5.98. The maximum atomic E-state index is 13.9. The summed E-state index contributed by atoms with van der Waals surface area (Å²) >= 11 is 0. The number of ether oxygens (including phenoxy) is 1. The number of aromatic nitrogens is 4. The van der Waals surface area contributed by atoms with E-state index in [4.69, 9.17) is 4.74 Å². The molecule has 0 saturated heterocycles. The van der Waals surface area contributed by atoms with Crippen LogP contribution in [0.1, 0.15) is 48.6 Å². The normalized spacial score (nSPS) is 19.2. The van der Waals surface area contributed by atoms with E-state index in [9.17, 15) is 24.0 Å². The van der Waals surface area contributed by atoms with Crippen LogP contribution in [0.4, 0.5) is 0 Å². The summed E-state index contributed by atoms with van der Waals surface area (Å²) in [5.74, 6) is -0.955. The maximum Gasteiger partial charge on any atom is 0.253 e. The fourth-order valence-corrected chi connectivity index (χ4v) is 5.34. The summed E-state index contributed by atoms with van der Waals surface area (Å²) in [4.78, 5) is 70.4. The molecule has 4 aromatic rings. The van der Waals surface area contributed by atoms with Crippen LogP contribution in [-0.4, -0.2) is 68.2 Å². The molecule has 0 aliphatic carbocycles. The third-order valence-electron chi connectivity index (χ3n) is 8.04. The lowest BCUT2D eigenvalue weighted by Crippen LogP contribution is -2.56. The van der Waals surface area contributed by atoms with Crippen molar-refractivity contribution in [2.45, 2.75) is 51.9 Å². The summed E-state index contributed by atoms with van der Waals surface area (Å²) in [5, 5.41) is 16.0. The Hall–Kier alpha value is -5.79. The number of pyridine rings is 1. The molecule has 0 radical (unpaired) electrons. The van der Waals surface area contributed by atoms with Gasteiger partial charge in [0.15, 0.2) is 5.82 Å². The topological polar surface area (TPSA) is 178 Å². The molecule has 0 unspecified atom stereocenters. The van der Waals surface area contributed by atoms with Crippen molar-refractivity contribution in [2.75, 3.05) is 13.2 Å². The molecule has 0 fully saturated rings. The lowest BCUT2D eigenvalue weighted by atomic mass is 10.0. The molecule has 0 spiro atoms. The van der Waals surface area contributed by atoms with Crippen molar-refractivity contribution < 1.29 is 23.9 Å². The van der Waals surface area contributed by atoms with E-state index in [0.29, 0.717) is 17.4 Å². The second-order valence-corrected chi connectivity index (χ2v) is 12.2. The van der Waals surface area contributed by atoms with E-state index < -0.39 is 35.8 Å². The lowest BCUT2D eigenvalue weighted by Gasteiger charge is -2.27. The second kappa shape index (κ2) is 15.4. The molecule has 14 heteroatoms. The Bertz CT molecular complexity index is 1870. The van der Waals surface area contributed by atoms with Gasteiger partial charge in [0.1, 0.15) is 36.8 Å². The van der Waals surface area contributed by atoms with Gasteiger partial charge >= 0.3 is 0 Å². The molecule has 6 rings (SSSR count). The first-order valence-corrected chi connectivity index (χ1v) is 16.1. The Morgan fingerprint density at radius 2 is 1.69 bits per heavy atom. The highest BCUT2D eigenvalue weighted by Crippen LogP contribution is 2.20. The Morgan fingerprint density at radius 3 is 2.39 bits per heavy atom. The monoisotopic (exact) mass is 668 g/mol. The predicted octanol–water partition coefficient (Wildman–Crippen LogP) is 1.51. The summed E-state index contributed by atoms with van der Waals surface area (Å²) in [6.45, 7) is 5.61. The van der Waals surface area contributed by atoms with Crippen LogP contribution in [0.3, 0.4) is 0 Å². The van der Waals surface area contributed by atoms with Gasteiger partial charge in [-0.3, -0.25) is 24.0 Å². The average Bonchev–Trinajstić information content (AvgIpc) is 3.50. The standard InChI is InChI=1S/C35H40N8O6/c1-21(2)30-35(48)37-22(3)32-40-31(24-8-6-5-7-9-24)41-43(32)20-28(44)36-16-17-49-26-13-10-23(11-14-26)18-27(34(47)39-30)38-33(46)25-12-15-29(45)42(4)19-25/h5-15,19,21-22,27,30H,16-18,20H2,1-4H3,(H,36,44)(H,37,48)(H,38,46)(H,39,47)/t22-,27-,30+/m0/s1. The zero-order valence-corrected chi connectivity index (χ0v) is 27.8. The number of hydrogen-bond donors (Lipinski definition) is 4. The zero-order chi connectivity index (χ0) is 35.1. The Balaban J connectivity index is 1.45. The van der Waals surface area contributed by atoms with E-state index in [1.807, 2.05) is 30.3 Å². The van der Waals surface area contributed by atoms with Crippen LogP contribution in [-0.2, 0) is 34.4 Å². The smallest absolute Gasteiger partial charge is 0.253 e. The second-order valence-electron chi connectivity index (χ2n) is 12.2. The van der Waals surface area contributed by atoms with Crippen LogP contribution >= 0.6 is 0 Å². The van der Waals surface area contributed by atoms with Crippen molar-refractivity contribution in [3.63, 3.8) is 0 Å². The highest BCUT2D eigenvalue weighted by Gasteiger charge is 2.31. The Morgan fingerprint density at radius 1 is 0.959 bits per heavy atom. The number of rotatable bonds is 4. The largest absolute Gasteiger partial charge is 0.492 e. The molecule has 2 aliphatic heterocycles. The van der Waals surface area contributed by atoms with Crippen LogP contribution in [0.25, 0.3) is 11.4 Å². The van der Waals surface area contributed by atoms with Crippen molar-refractivity contribution in [1.29, 1.82) is 0 Å². The predicted molar refractivity (Wildman–Crippen MR) is 180 cm³/mol. The number of carbonyl (C=O) groups is 4. The van der Waals surface area contributed by atoms with E-state index in [1.165, 1.54) is 34.6 Å². The number of fused-ring (bicyclic) bond motifs is 14. The fourth-order valence-electron chi connectivity index (χ4n) is 5.34. The molecule has 4 amide bonds. The third kappa shape index (κ3) is 8.77. The summed E-state index contributed by atoms with van der Waals surface area (Å²) in [6.07, 6.45) is 1.50. The van der Waals surface area contributed by atoms with E-state index >= 15 is 0 Å². The fraction of sp³-hybridized carbons (Fsp3) is 0.343. The van der Waals surface area contributed by atoms with Gasteiger partial charge in [0.05, 0.1) is 18.2 Å². The van der Waals surface area contributed by atoms with Crippen LogP contribution in [0.15, 0.2) is 77.7 Å². The number of nitrogens with zero attached hydrogens (tertiary/aromatic N) is 4. The highest BCUT2D eigenvalue weighted by atomic mass is 16.5. The minimum atomic E-state index is -1.07. The molecule has 256 valence electrons. The number of hydrogen-bond acceptors (Lipinski definition) is 8. The van der Waals surface area contributed by atoms with Crippen molar-refractivity contribution in [1.82, 2.24) is 40.6 Å². The lowest BCUT2D eigenvalue weighted by molar-refractivity contribution is -0.131. The number of nitrogens with one attached hydrogen (secondary N) is 4. The molecule has 2 aromatic heterocycles. The van der Waals surface area contributed by atoms with Crippen molar-refractivity contribution in [3.8, 4) is 17.1 Å². The van der Waals surface area contributed by atoms with E-state index in [0.717, 1.165) is 11.1 Å². The van der Waals surface area contributed by atoms with Gasteiger partial charge in [0.25, 0.3) is 5.91 Å². The summed E-state index contributed by atoms with van der Waals surface area (Å²) in [7, 11) is 1.53. The first kappa shape index (κ1) is 34.5. The Kier molecular flexibility index (Phi) is 10.9. The average molecular weight is 669 g/mol. The molecule has 2 aliphatic rings. The number of benzene rings is 2. The SMILES string of the molecule is CC(C)[C@H]1NC(=O)[C@@H](NC(=O)c2ccc(=O)n(C)c2)Cc2ccc(cc2)OCCNC(=O)Cn2nc(-c3ccccc3)nc2[C@H](C)NC1=O. The van der Waals surface area contributed by atoms with Crippen LogP contribution in [0.2, 0.25) is 0 Å². The summed E-state index contributed by atoms with van der Waals surface area (Å²) < 4.78 is 8.53. The molecule has 4 heterocycles. The zero-order valence-electron chi connectivity index (χ0n) is 27.8. The summed E-state index contributed by atoms with van der Waals surface area (Å²) in [5.41, 5.74) is 1.38. The Labute approximate surface area is 283 Å². The number of amides is 4. The third-order valence-corrected chi connectivity index (χ3v) is 8.04. The molecule has 14 nitrogen and oxygen atoms in total. The number of carbonyl (C=O) groups excluding carboxylic acids is 4. The molecule has 2 aromatic carbocycles. The first-order chi connectivity index (χ1) is 23.5. The molecule has 4 N–H and O–H groups in total. The minimum absolute atomic E-state index is 0.105. The first-order valence-electron chi connectivity index (χ1n) is 16.1. The molecular formula is C35H40N8O6. The van der Waals surface area contributed by atoms with Gasteiger partial charge in [-0.15, -0.1) is 0 Å². The molecular weight excluding hydrogens is 628 g/mol. The quantitative estimate of drug-likeness (QED) is 0.253. The van der Waals surface area contributed by atoms with Gasteiger partial charge in [-0.25, -0.2) is 9.67 Å². The maximum absolute atomic E-state index is 13.9. The van der Waals surface area contributed by atoms with Gasteiger partial charge in [0, 0.05) is 31.3 Å². The number of aryl methyl sites for hydroxylation is 1. The minimum Gasteiger partial charge on any atom is -0.492 e. The summed E-state index contributed by atoms with van der Waals surface area (Å²) in [6, 6.07) is 16.2. The van der Waals surface area contributed by atoms with E-state index in [-0.39, 0.29) is 49.1 Å². The van der Waals surface area contributed by atoms with Gasteiger partial charge < -0.3 is 30.6 Å². The van der Waals surface area contributed by atoms with Crippen molar-refractivity contribution in [3.05, 3.63) is 100 Å². The van der Waals surface area contributed by atoms with Crippen LogP contribution < -0.4 is 31.6 Å². The molecule has 0 saturated carbocycles. The van der Waals surface area contributed by atoms with Gasteiger partial charge in [-0.1, -0.05) is 56.3 Å².